The van der Waals surface area contributed by atoms with E-state index in [2.05, 4.69) is 0 Å². The Morgan fingerprint density at radius 1 is 1.38 bits per heavy atom. The third-order valence-corrected chi connectivity index (χ3v) is 4.93. The number of hydrogen-bond acceptors (Lipinski definition) is 3. The maximum atomic E-state index is 12.5. The van der Waals surface area contributed by atoms with E-state index < -0.39 is 11.4 Å². The van der Waals surface area contributed by atoms with Gasteiger partial charge in [-0.2, -0.15) is 0 Å². The van der Waals surface area contributed by atoms with Crippen molar-refractivity contribution < 1.29 is 19.4 Å². The predicted octanol–water partition coefficient (Wildman–Crippen LogP) is 1.79. The highest BCUT2D eigenvalue weighted by molar-refractivity contribution is 5.77. The van der Waals surface area contributed by atoms with E-state index in [1.807, 2.05) is 14.0 Å². The molecule has 2 aliphatic heterocycles. The zero-order valence-corrected chi connectivity index (χ0v) is 13.0. The molecule has 1 unspecified atom stereocenters. The van der Waals surface area contributed by atoms with Crippen LogP contribution in [-0.2, 0) is 9.53 Å². The van der Waals surface area contributed by atoms with Gasteiger partial charge < -0.3 is 19.6 Å². The molecular weight excluding hydrogens is 272 g/mol. The lowest BCUT2D eigenvalue weighted by atomic mass is 9.75. The Labute approximate surface area is 126 Å². The molecule has 0 radical (unpaired) electrons. The molecule has 2 aliphatic rings. The number of likely N-dealkylation sites (N-methyl/N-ethyl adjacent to an activating group) is 1. The van der Waals surface area contributed by atoms with Crippen molar-refractivity contribution in [2.75, 3.05) is 33.4 Å². The summed E-state index contributed by atoms with van der Waals surface area (Å²) >= 11 is 0. The fourth-order valence-electron chi connectivity index (χ4n) is 3.38. The fourth-order valence-corrected chi connectivity index (χ4v) is 3.38. The van der Waals surface area contributed by atoms with Gasteiger partial charge in [-0.25, -0.2) is 4.79 Å². The van der Waals surface area contributed by atoms with Gasteiger partial charge in [0, 0.05) is 26.7 Å². The maximum Gasteiger partial charge on any atom is 0.320 e. The summed E-state index contributed by atoms with van der Waals surface area (Å²) in [5.41, 5.74) is -0.638. The molecule has 6 heteroatoms. The summed E-state index contributed by atoms with van der Waals surface area (Å²) in [6, 6.07) is 0.153. The van der Waals surface area contributed by atoms with Crippen LogP contribution in [0.1, 0.15) is 39.0 Å². The lowest BCUT2D eigenvalue weighted by Crippen LogP contribution is -2.52. The van der Waals surface area contributed by atoms with Crippen molar-refractivity contribution >= 4 is 12.0 Å². The molecule has 0 aromatic heterocycles. The van der Waals surface area contributed by atoms with Crippen LogP contribution in [0.4, 0.5) is 4.79 Å². The second kappa shape index (κ2) is 6.64. The first-order valence-electron chi connectivity index (χ1n) is 7.83. The number of rotatable bonds is 4. The molecule has 2 amide bonds. The van der Waals surface area contributed by atoms with Crippen LogP contribution in [0.2, 0.25) is 0 Å². The summed E-state index contributed by atoms with van der Waals surface area (Å²) in [5, 5.41) is 9.50. The molecule has 1 atom stereocenters. The van der Waals surface area contributed by atoms with Gasteiger partial charge in [-0.1, -0.05) is 13.3 Å². The fraction of sp³-hybridized carbons (Fsp3) is 0.867. The van der Waals surface area contributed by atoms with Crippen LogP contribution in [0.25, 0.3) is 0 Å². The summed E-state index contributed by atoms with van der Waals surface area (Å²) in [6.45, 7) is 4.38. The van der Waals surface area contributed by atoms with Crippen LogP contribution in [0.15, 0.2) is 0 Å². The van der Waals surface area contributed by atoms with Crippen LogP contribution < -0.4 is 0 Å². The Hall–Kier alpha value is -1.30. The lowest BCUT2D eigenvalue weighted by molar-refractivity contribution is -0.152. The van der Waals surface area contributed by atoms with Gasteiger partial charge in [-0.3, -0.25) is 4.79 Å². The number of likely N-dealkylation sites (tertiary alicyclic amines) is 1. The molecule has 6 nitrogen and oxygen atoms in total. The maximum absolute atomic E-state index is 12.5. The normalized spacial score (nSPS) is 24.9. The topological polar surface area (TPSA) is 70.1 Å². The minimum atomic E-state index is -0.714. The van der Waals surface area contributed by atoms with Crippen molar-refractivity contribution in [3.05, 3.63) is 0 Å². The molecule has 0 aliphatic carbocycles. The van der Waals surface area contributed by atoms with E-state index in [9.17, 15) is 14.7 Å². The van der Waals surface area contributed by atoms with Crippen molar-refractivity contribution in [3.63, 3.8) is 0 Å². The number of carbonyl (C=O) groups excluding carboxylic acids is 1. The van der Waals surface area contributed by atoms with Gasteiger partial charge in [0.05, 0.1) is 18.1 Å². The number of piperidine rings is 1. The molecule has 1 N–H and O–H groups in total. The lowest BCUT2D eigenvalue weighted by Gasteiger charge is -2.40. The predicted molar refractivity (Wildman–Crippen MR) is 78.2 cm³/mol. The first kappa shape index (κ1) is 16.1. The molecular formula is C15H26N2O4. The summed E-state index contributed by atoms with van der Waals surface area (Å²) in [6.07, 6.45) is 3.54. The second-order valence-corrected chi connectivity index (χ2v) is 6.23. The molecule has 2 heterocycles. The molecule has 0 aromatic rings. The first-order valence-corrected chi connectivity index (χ1v) is 7.83. The highest BCUT2D eigenvalue weighted by Gasteiger charge is 2.42. The standard InChI is InChI=1S/C15H26N2O4/c1-3-5-15(13(18)19)6-8-17(9-7-15)14(20)16(2)12-4-10-21-11-12/h12H,3-11H2,1-2H3,(H,18,19). The monoisotopic (exact) mass is 298 g/mol. The van der Waals surface area contributed by atoms with Gasteiger partial charge in [-0.05, 0) is 25.7 Å². The van der Waals surface area contributed by atoms with Crippen LogP contribution >= 0.6 is 0 Å². The van der Waals surface area contributed by atoms with Crippen molar-refractivity contribution in [2.24, 2.45) is 5.41 Å². The number of carbonyl (C=O) groups is 2. The van der Waals surface area contributed by atoms with E-state index in [1.54, 1.807) is 9.80 Å². The third-order valence-electron chi connectivity index (χ3n) is 4.93. The molecule has 0 saturated carbocycles. The van der Waals surface area contributed by atoms with Gasteiger partial charge in [0.1, 0.15) is 0 Å². The summed E-state index contributed by atoms with van der Waals surface area (Å²) in [5.74, 6) is -0.714. The van der Waals surface area contributed by atoms with Gasteiger partial charge in [0.2, 0.25) is 0 Å². The Kier molecular flexibility index (Phi) is 5.08. The van der Waals surface area contributed by atoms with Gasteiger partial charge in [-0.15, -0.1) is 0 Å². The Bertz CT molecular complexity index is 385. The smallest absolute Gasteiger partial charge is 0.320 e. The average molecular weight is 298 g/mol. The molecule has 120 valence electrons. The number of nitrogens with zero attached hydrogens (tertiary/aromatic N) is 2. The largest absolute Gasteiger partial charge is 0.481 e. The number of hydrogen-bond donors (Lipinski definition) is 1. The van der Waals surface area contributed by atoms with Crippen LogP contribution in [0.3, 0.4) is 0 Å². The summed E-state index contributed by atoms with van der Waals surface area (Å²) < 4.78 is 5.32. The molecule has 0 aromatic carbocycles. The molecule has 0 spiro atoms. The zero-order chi connectivity index (χ0) is 15.5. The van der Waals surface area contributed by atoms with E-state index in [0.717, 1.165) is 12.8 Å². The van der Waals surface area contributed by atoms with Crippen molar-refractivity contribution in [1.82, 2.24) is 9.80 Å². The van der Waals surface area contributed by atoms with Gasteiger partial charge in [0.25, 0.3) is 0 Å². The highest BCUT2D eigenvalue weighted by Crippen LogP contribution is 2.36. The Balaban J connectivity index is 1.93. The number of amides is 2. The zero-order valence-electron chi connectivity index (χ0n) is 13.0. The van der Waals surface area contributed by atoms with E-state index in [0.29, 0.717) is 45.6 Å². The van der Waals surface area contributed by atoms with E-state index >= 15 is 0 Å². The number of aliphatic carboxylic acids is 1. The number of urea groups is 1. The number of carboxylic acid groups (broad SMARTS) is 1. The SMILES string of the molecule is CCCC1(C(=O)O)CCN(C(=O)N(C)C2CCOC2)CC1. The van der Waals surface area contributed by atoms with Crippen LogP contribution in [-0.4, -0.2) is 66.3 Å². The first-order chi connectivity index (χ1) is 10.00. The third kappa shape index (κ3) is 3.31. The average Bonchev–Trinajstić information content (AvgIpc) is 3.01. The number of ether oxygens (including phenoxy) is 1. The van der Waals surface area contributed by atoms with Crippen LogP contribution in [0.5, 0.6) is 0 Å². The molecule has 0 bridgehead atoms. The molecule has 2 saturated heterocycles. The van der Waals surface area contributed by atoms with Crippen molar-refractivity contribution in [3.8, 4) is 0 Å². The Morgan fingerprint density at radius 3 is 2.52 bits per heavy atom. The second-order valence-electron chi connectivity index (χ2n) is 6.23. The highest BCUT2D eigenvalue weighted by atomic mass is 16.5. The van der Waals surface area contributed by atoms with Gasteiger partial charge in [0.15, 0.2) is 0 Å². The minimum absolute atomic E-state index is 0.000914. The Morgan fingerprint density at radius 2 is 2.05 bits per heavy atom. The summed E-state index contributed by atoms with van der Waals surface area (Å²) in [7, 11) is 1.81. The molecule has 2 fully saturated rings. The van der Waals surface area contributed by atoms with E-state index in [4.69, 9.17) is 4.74 Å². The molecule has 2 rings (SSSR count). The summed E-state index contributed by atoms with van der Waals surface area (Å²) in [4.78, 5) is 27.6. The van der Waals surface area contributed by atoms with E-state index in [1.165, 1.54) is 0 Å². The van der Waals surface area contributed by atoms with Crippen molar-refractivity contribution in [2.45, 2.75) is 45.1 Å². The van der Waals surface area contributed by atoms with Gasteiger partial charge >= 0.3 is 12.0 Å². The minimum Gasteiger partial charge on any atom is -0.481 e. The molecule has 21 heavy (non-hydrogen) atoms. The van der Waals surface area contributed by atoms with Crippen molar-refractivity contribution in [1.29, 1.82) is 0 Å². The van der Waals surface area contributed by atoms with E-state index in [-0.39, 0.29) is 12.1 Å². The van der Waals surface area contributed by atoms with Crippen LogP contribution in [0, 0.1) is 5.41 Å². The quantitative estimate of drug-likeness (QED) is 0.859. The number of carboxylic acids is 1.